The maximum Gasteiger partial charge on any atom is 0.274 e. The van der Waals surface area contributed by atoms with Crippen molar-refractivity contribution in [1.29, 1.82) is 0 Å². The quantitative estimate of drug-likeness (QED) is 0.371. The monoisotopic (exact) mass is 431 g/mol. The van der Waals surface area contributed by atoms with Crippen LogP contribution in [0.4, 0.5) is 0 Å². The van der Waals surface area contributed by atoms with E-state index in [2.05, 4.69) is 10.1 Å². The van der Waals surface area contributed by atoms with E-state index >= 15 is 0 Å². The molecule has 0 spiro atoms. The molecule has 4 aromatic heterocycles. The summed E-state index contributed by atoms with van der Waals surface area (Å²) in [4.78, 5) is 28.7. The van der Waals surface area contributed by atoms with Crippen molar-refractivity contribution >= 4 is 33.1 Å². The molecule has 1 saturated carbocycles. The summed E-state index contributed by atoms with van der Waals surface area (Å²) in [6.07, 6.45) is 8.12. The molecule has 0 atom stereocenters. The van der Waals surface area contributed by atoms with Crippen LogP contribution in [-0.4, -0.2) is 14.8 Å². The van der Waals surface area contributed by atoms with Gasteiger partial charge >= 0.3 is 0 Å². The van der Waals surface area contributed by atoms with Crippen LogP contribution in [0.1, 0.15) is 56.7 Å². The maximum absolute atomic E-state index is 13.3. The van der Waals surface area contributed by atoms with Gasteiger partial charge in [0.15, 0.2) is 11.0 Å². The lowest BCUT2D eigenvalue weighted by Gasteiger charge is -2.21. The number of H-pyrrole nitrogens is 2. The molecule has 7 heteroatoms. The molecule has 0 amide bonds. The first-order chi connectivity index (χ1) is 15.6. The lowest BCUT2D eigenvalue weighted by atomic mass is 9.97. The van der Waals surface area contributed by atoms with Gasteiger partial charge in [0.2, 0.25) is 0 Å². The van der Waals surface area contributed by atoms with E-state index in [1.807, 2.05) is 23.7 Å². The molecule has 1 fully saturated rings. The lowest BCUT2D eigenvalue weighted by molar-refractivity contribution is 0.353. The van der Waals surface area contributed by atoms with Crippen LogP contribution in [0.5, 0.6) is 0 Å². The van der Waals surface area contributed by atoms with Crippen LogP contribution in [0, 0.1) is 6.92 Å². The molecule has 0 radical (unpaired) electrons. The number of rotatable bonds is 2. The van der Waals surface area contributed by atoms with E-state index in [9.17, 15) is 9.59 Å². The Morgan fingerprint density at radius 2 is 1.75 bits per heavy atom. The SMILES string of the molecule is Cc1ccc(-c2c3oc4cc(=O)ccc4c3[nH]c3c2c(=O)[nH]n3C2CCCCCCC2)o1. The molecule has 7 nitrogen and oxygen atoms in total. The third-order valence-electron chi connectivity index (χ3n) is 6.74. The Hall–Kier alpha value is -3.48. The number of nitrogens with one attached hydrogen (secondary N) is 2. The average molecular weight is 431 g/mol. The molecule has 1 aliphatic rings. The van der Waals surface area contributed by atoms with E-state index < -0.39 is 0 Å². The van der Waals surface area contributed by atoms with Gasteiger partial charge in [0.1, 0.15) is 22.8 Å². The van der Waals surface area contributed by atoms with Crippen molar-refractivity contribution in [2.24, 2.45) is 0 Å². The van der Waals surface area contributed by atoms with Crippen molar-refractivity contribution in [3.05, 3.63) is 56.7 Å². The predicted octanol–water partition coefficient (Wildman–Crippen LogP) is 5.77. The molecule has 1 aliphatic carbocycles. The molecular weight excluding hydrogens is 406 g/mol. The standard InChI is InChI=1S/C25H25N3O4/c1-14-9-12-18(31-14)20-21-24(26-22-17-11-10-16(29)13-19(17)32-23(20)22)28(27-25(21)30)15-7-5-3-2-4-6-8-15/h9-13,15,26H,2-8H2,1H3,(H,27,30). The lowest BCUT2D eigenvalue weighted by Crippen LogP contribution is -2.15. The van der Waals surface area contributed by atoms with E-state index in [1.165, 1.54) is 31.4 Å². The summed E-state index contributed by atoms with van der Waals surface area (Å²) in [5.74, 6) is 1.33. The Balaban J connectivity index is 1.71. The smallest absolute Gasteiger partial charge is 0.274 e. The molecule has 0 saturated heterocycles. The Labute approximate surface area is 183 Å². The molecule has 1 aromatic carbocycles. The summed E-state index contributed by atoms with van der Waals surface area (Å²) in [5.41, 5.74) is 2.85. The van der Waals surface area contributed by atoms with Gasteiger partial charge in [-0.05, 0) is 44.0 Å². The van der Waals surface area contributed by atoms with Crippen molar-refractivity contribution in [3.63, 3.8) is 0 Å². The van der Waals surface area contributed by atoms with Gasteiger partial charge in [0.05, 0.1) is 22.5 Å². The number of benzene rings is 1. The minimum absolute atomic E-state index is 0.117. The van der Waals surface area contributed by atoms with Crippen molar-refractivity contribution in [2.45, 2.75) is 57.9 Å². The second-order valence-electron chi connectivity index (χ2n) is 8.91. The third-order valence-corrected chi connectivity index (χ3v) is 6.74. The summed E-state index contributed by atoms with van der Waals surface area (Å²) in [6.45, 7) is 1.87. The molecule has 164 valence electrons. The fourth-order valence-corrected chi connectivity index (χ4v) is 5.18. The first-order valence-corrected chi connectivity index (χ1v) is 11.4. The van der Waals surface area contributed by atoms with Crippen molar-refractivity contribution in [3.8, 4) is 11.3 Å². The first kappa shape index (κ1) is 19.2. The first-order valence-electron chi connectivity index (χ1n) is 11.4. The van der Waals surface area contributed by atoms with Gasteiger partial charge in [-0.2, -0.15) is 0 Å². The zero-order valence-corrected chi connectivity index (χ0v) is 18.0. The third kappa shape index (κ3) is 2.95. The zero-order chi connectivity index (χ0) is 21.8. The van der Waals surface area contributed by atoms with Crippen molar-refractivity contribution in [1.82, 2.24) is 14.8 Å². The van der Waals surface area contributed by atoms with E-state index in [0.717, 1.165) is 48.0 Å². The summed E-state index contributed by atoms with van der Waals surface area (Å²) in [7, 11) is 0. The number of aryl methyl sites for hydroxylation is 1. The second kappa shape index (κ2) is 7.29. The van der Waals surface area contributed by atoms with Crippen molar-refractivity contribution < 1.29 is 8.83 Å². The molecule has 4 heterocycles. The summed E-state index contributed by atoms with van der Waals surface area (Å²) >= 11 is 0. The predicted molar refractivity (Wildman–Crippen MR) is 124 cm³/mol. The summed E-state index contributed by atoms with van der Waals surface area (Å²) < 4.78 is 14.1. The van der Waals surface area contributed by atoms with E-state index in [0.29, 0.717) is 27.9 Å². The Morgan fingerprint density at radius 1 is 0.969 bits per heavy atom. The molecule has 5 aromatic rings. The van der Waals surface area contributed by atoms with Crippen LogP contribution >= 0.6 is 0 Å². The molecule has 0 bridgehead atoms. The molecule has 0 aliphatic heterocycles. The molecule has 6 rings (SSSR count). The number of pyridine rings is 1. The van der Waals surface area contributed by atoms with Gasteiger partial charge < -0.3 is 13.8 Å². The molecular formula is C25H25N3O4. The second-order valence-corrected chi connectivity index (χ2v) is 8.91. The van der Waals surface area contributed by atoms with Gasteiger partial charge in [0.25, 0.3) is 5.56 Å². The fraction of sp³-hybridized carbons (Fsp3) is 0.360. The van der Waals surface area contributed by atoms with Gasteiger partial charge in [-0.1, -0.05) is 32.1 Å². The highest BCUT2D eigenvalue weighted by molar-refractivity contribution is 6.13. The number of nitrogens with zero attached hydrogens (tertiary/aromatic N) is 1. The Morgan fingerprint density at radius 3 is 2.50 bits per heavy atom. The van der Waals surface area contributed by atoms with Crippen LogP contribution in [0.15, 0.2) is 48.8 Å². The number of furan rings is 2. The Bertz CT molecular complexity index is 1570. The van der Waals surface area contributed by atoms with Crippen LogP contribution < -0.4 is 11.0 Å². The molecule has 32 heavy (non-hydrogen) atoms. The van der Waals surface area contributed by atoms with Gasteiger partial charge in [0, 0.05) is 11.5 Å². The Kier molecular flexibility index (Phi) is 4.38. The largest absolute Gasteiger partial charge is 0.461 e. The average Bonchev–Trinajstić information content (AvgIpc) is 3.42. The van der Waals surface area contributed by atoms with Crippen LogP contribution in [0.25, 0.3) is 44.4 Å². The zero-order valence-electron chi connectivity index (χ0n) is 18.0. The van der Waals surface area contributed by atoms with E-state index in [1.54, 1.807) is 6.07 Å². The fourth-order valence-electron chi connectivity index (χ4n) is 5.18. The van der Waals surface area contributed by atoms with E-state index in [4.69, 9.17) is 8.83 Å². The summed E-state index contributed by atoms with van der Waals surface area (Å²) in [5, 5.41) is 4.44. The van der Waals surface area contributed by atoms with Gasteiger partial charge in [-0.25, -0.2) is 0 Å². The van der Waals surface area contributed by atoms with Gasteiger partial charge in [-0.15, -0.1) is 0 Å². The number of fused-ring (bicyclic) bond motifs is 4. The normalized spacial score (nSPS) is 16.2. The number of aromatic nitrogens is 3. The van der Waals surface area contributed by atoms with Crippen LogP contribution in [0.2, 0.25) is 0 Å². The molecule has 0 unspecified atom stereocenters. The maximum atomic E-state index is 13.3. The van der Waals surface area contributed by atoms with Crippen LogP contribution in [-0.2, 0) is 0 Å². The van der Waals surface area contributed by atoms with Gasteiger partial charge in [-0.3, -0.25) is 19.4 Å². The van der Waals surface area contributed by atoms with Crippen molar-refractivity contribution in [2.75, 3.05) is 0 Å². The number of hydrogen-bond acceptors (Lipinski definition) is 4. The molecule has 2 N–H and O–H groups in total. The topological polar surface area (TPSA) is 96.9 Å². The minimum Gasteiger partial charge on any atom is -0.461 e. The van der Waals surface area contributed by atoms with Crippen LogP contribution in [0.3, 0.4) is 0 Å². The number of hydrogen-bond donors (Lipinski definition) is 2. The number of aromatic amines is 2. The minimum atomic E-state index is -0.172. The summed E-state index contributed by atoms with van der Waals surface area (Å²) in [6, 6.07) is 8.76. The highest BCUT2D eigenvalue weighted by atomic mass is 16.4. The van der Waals surface area contributed by atoms with E-state index in [-0.39, 0.29) is 17.0 Å². The highest BCUT2D eigenvalue weighted by Gasteiger charge is 2.26. The highest BCUT2D eigenvalue weighted by Crippen LogP contribution is 2.39.